The average molecular weight is 254 g/mol. The minimum Gasteiger partial charge on any atom is -0.507 e. The number of phenolic OH excluding ortho intramolecular Hbond substituents is 1. The van der Waals surface area contributed by atoms with Crippen molar-refractivity contribution >= 4 is 11.8 Å². The summed E-state index contributed by atoms with van der Waals surface area (Å²) in [7, 11) is 0. The molecule has 0 spiro atoms. The summed E-state index contributed by atoms with van der Waals surface area (Å²) in [6, 6.07) is 8.70. The van der Waals surface area contributed by atoms with Gasteiger partial charge in [-0.2, -0.15) is 10.2 Å². The van der Waals surface area contributed by atoms with Gasteiger partial charge in [-0.1, -0.05) is 6.07 Å². The third-order valence-corrected chi connectivity index (χ3v) is 2.74. The average Bonchev–Trinajstić information content (AvgIpc) is 2.42. The van der Waals surface area contributed by atoms with Crippen LogP contribution in [0.4, 0.5) is 0 Å². The molecule has 0 atom stereocenters. The monoisotopic (exact) mass is 254 g/mol. The summed E-state index contributed by atoms with van der Waals surface area (Å²) < 4.78 is 0. The first kappa shape index (κ1) is 12.8. The SMILES string of the molecule is Cc1ccc(-c2ccc(/C(C=N)=C/N)cc2O)nn1. The molecule has 0 fully saturated rings. The molecule has 1 aromatic carbocycles. The van der Waals surface area contributed by atoms with E-state index < -0.39 is 0 Å². The van der Waals surface area contributed by atoms with E-state index in [1.54, 1.807) is 24.3 Å². The zero-order valence-electron chi connectivity index (χ0n) is 10.5. The van der Waals surface area contributed by atoms with E-state index in [0.717, 1.165) is 11.9 Å². The fraction of sp³-hybridized carbons (Fsp3) is 0.0714. The maximum atomic E-state index is 10.0. The zero-order chi connectivity index (χ0) is 13.8. The number of hydrogen-bond acceptors (Lipinski definition) is 5. The lowest BCUT2D eigenvalue weighted by molar-refractivity contribution is 0.477. The van der Waals surface area contributed by atoms with Gasteiger partial charge in [0.15, 0.2) is 0 Å². The standard InChI is InChI=1S/C14H14N4O/c1-9-2-5-13(18-17-9)12-4-3-10(6-14(12)19)11(7-15)8-16/h2-8,15,19H,16H2,1H3/b11-8+,15-7?. The van der Waals surface area contributed by atoms with Crippen molar-refractivity contribution in [2.75, 3.05) is 0 Å². The highest BCUT2D eigenvalue weighted by molar-refractivity contribution is 6.08. The molecule has 5 nitrogen and oxygen atoms in total. The van der Waals surface area contributed by atoms with Gasteiger partial charge in [-0.25, -0.2) is 0 Å². The van der Waals surface area contributed by atoms with E-state index >= 15 is 0 Å². The predicted molar refractivity (Wildman–Crippen MR) is 74.8 cm³/mol. The summed E-state index contributed by atoms with van der Waals surface area (Å²) in [6.45, 7) is 1.85. The van der Waals surface area contributed by atoms with Crippen LogP contribution in [-0.4, -0.2) is 21.5 Å². The molecule has 0 aliphatic rings. The Balaban J connectivity index is 2.45. The third kappa shape index (κ3) is 2.60. The number of aromatic hydroxyl groups is 1. The molecule has 2 rings (SSSR count). The van der Waals surface area contributed by atoms with Crippen molar-refractivity contribution in [3.63, 3.8) is 0 Å². The number of allylic oxidation sites excluding steroid dienone is 1. The summed E-state index contributed by atoms with van der Waals surface area (Å²) >= 11 is 0. The van der Waals surface area contributed by atoms with Crippen molar-refractivity contribution in [2.45, 2.75) is 6.92 Å². The molecule has 19 heavy (non-hydrogen) atoms. The molecule has 0 saturated carbocycles. The minimum absolute atomic E-state index is 0.0804. The normalized spacial score (nSPS) is 11.3. The molecule has 0 aliphatic heterocycles. The van der Waals surface area contributed by atoms with Crippen LogP contribution >= 0.6 is 0 Å². The maximum Gasteiger partial charge on any atom is 0.125 e. The first-order valence-corrected chi connectivity index (χ1v) is 5.72. The number of aromatic nitrogens is 2. The summed E-state index contributed by atoms with van der Waals surface area (Å²) in [5, 5.41) is 25.3. The molecule has 1 aromatic heterocycles. The van der Waals surface area contributed by atoms with Gasteiger partial charge in [-0.05, 0) is 36.8 Å². The van der Waals surface area contributed by atoms with Crippen LogP contribution in [0.3, 0.4) is 0 Å². The number of rotatable bonds is 3. The van der Waals surface area contributed by atoms with Gasteiger partial charge in [0, 0.05) is 23.6 Å². The fourth-order valence-corrected chi connectivity index (χ4v) is 1.70. The molecule has 0 saturated heterocycles. The van der Waals surface area contributed by atoms with Crippen LogP contribution in [0, 0.1) is 12.3 Å². The summed E-state index contributed by atoms with van der Waals surface area (Å²) in [5.74, 6) is 0.0804. The number of nitrogens with zero attached hydrogens (tertiary/aromatic N) is 2. The van der Waals surface area contributed by atoms with Crippen LogP contribution in [0.1, 0.15) is 11.3 Å². The lowest BCUT2D eigenvalue weighted by atomic mass is 10.0. The number of hydrogen-bond donors (Lipinski definition) is 3. The quantitative estimate of drug-likeness (QED) is 0.731. The van der Waals surface area contributed by atoms with Gasteiger partial charge in [-0.3, -0.25) is 0 Å². The largest absolute Gasteiger partial charge is 0.507 e. The molecular formula is C14H14N4O. The summed E-state index contributed by atoms with van der Waals surface area (Å²) in [4.78, 5) is 0. The van der Waals surface area contributed by atoms with Crippen molar-refractivity contribution in [2.24, 2.45) is 5.73 Å². The van der Waals surface area contributed by atoms with Gasteiger partial charge in [-0.15, -0.1) is 0 Å². The number of nitrogens with two attached hydrogens (primary N) is 1. The highest BCUT2D eigenvalue weighted by Crippen LogP contribution is 2.29. The van der Waals surface area contributed by atoms with E-state index in [1.165, 1.54) is 6.20 Å². The lowest BCUT2D eigenvalue weighted by Gasteiger charge is -2.07. The Morgan fingerprint density at radius 3 is 2.58 bits per heavy atom. The molecule has 0 bridgehead atoms. The molecule has 0 unspecified atom stereocenters. The summed E-state index contributed by atoms with van der Waals surface area (Å²) in [6.07, 6.45) is 2.47. The molecule has 0 radical (unpaired) electrons. The Morgan fingerprint density at radius 1 is 1.26 bits per heavy atom. The van der Waals surface area contributed by atoms with Crippen LogP contribution in [0.15, 0.2) is 36.5 Å². The van der Waals surface area contributed by atoms with Gasteiger partial charge < -0.3 is 16.2 Å². The number of phenols is 1. The van der Waals surface area contributed by atoms with Crippen LogP contribution in [0.2, 0.25) is 0 Å². The Hall–Kier alpha value is -2.69. The van der Waals surface area contributed by atoms with E-state index in [1.807, 2.05) is 13.0 Å². The van der Waals surface area contributed by atoms with E-state index in [4.69, 9.17) is 11.1 Å². The molecular weight excluding hydrogens is 240 g/mol. The fourth-order valence-electron chi connectivity index (χ4n) is 1.70. The summed E-state index contributed by atoms with van der Waals surface area (Å²) in [5.41, 5.74) is 8.64. The van der Waals surface area contributed by atoms with Gasteiger partial charge >= 0.3 is 0 Å². The smallest absolute Gasteiger partial charge is 0.125 e. The predicted octanol–water partition coefficient (Wildman–Crippen LogP) is 2.11. The molecule has 1 heterocycles. The van der Waals surface area contributed by atoms with Crippen molar-refractivity contribution in [1.82, 2.24) is 10.2 Å². The molecule has 0 amide bonds. The number of benzene rings is 1. The maximum absolute atomic E-state index is 10.0. The second kappa shape index (κ2) is 5.30. The topological polar surface area (TPSA) is 95.9 Å². The molecule has 4 N–H and O–H groups in total. The Morgan fingerprint density at radius 2 is 2.05 bits per heavy atom. The van der Waals surface area contributed by atoms with E-state index in [2.05, 4.69) is 10.2 Å². The Labute approximate surface area is 110 Å². The Kier molecular flexibility index (Phi) is 3.56. The van der Waals surface area contributed by atoms with Crippen molar-refractivity contribution in [3.05, 3.63) is 47.8 Å². The highest BCUT2D eigenvalue weighted by atomic mass is 16.3. The van der Waals surface area contributed by atoms with Crippen molar-refractivity contribution in [3.8, 4) is 17.0 Å². The second-order valence-electron chi connectivity index (χ2n) is 4.06. The Bertz CT molecular complexity index is 632. The molecule has 96 valence electrons. The van der Waals surface area contributed by atoms with E-state index in [9.17, 15) is 5.11 Å². The minimum atomic E-state index is 0.0804. The zero-order valence-corrected chi connectivity index (χ0v) is 10.5. The second-order valence-corrected chi connectivity index (χ2v) is 4.06. The molecule has 0 aliphatic carbocycles. The van der Waals surface area contributed by atoms with E-state index in [-0.39, 0.29) is 5.75 Å². The van der Waals surface area contributed by atoms with Crippen LogP contribution < -0.4 is 5.73 Å². The van der Waals surface area contributed by atoms with Crippen molar-refractivity contribution in [1.29, 1.82) is 5.41 Å². The van der Waals surface area contributed by atoms with Gasteiger partial charge in [0.2, 0.25) is 0 Å². The van der Waals surface area contributed by atoms with Gasteiger partial charge in [0.1, 0.15) is 5.75 Å². The lowest BCUT2D eigenvalue weighted by Crippen LogP contribution is -1.93. The van der Waals surface area contributed by atoms with Crippen molar-refractivity contribution < 1.29 is 5.11 Å². The molecule has 2 aromatic rings. The third-order valence-electron chi connectivity index (χ3n) is 2.74. The van der Waals surface area contributed by atoms with Crippen LogP contribution in [0.5, 0.6) is 5.75 Å². The number of aryl methyl sites for hydroxylation is 1. The number of nitrogens with one attached hydrogen (secondary N) is 1. The van der Waals surface area contributed by atoms with Gasteiger partial charge in [0.05, 0.1) is 11.4 Å². The van der Waals surface area contributed by atoms with E-state index in [0.29, 0.717) is 22.4 Å². The molecule has 5 heteroatoms. The van der Waals surface area contributed by atoms with Gasteiger partial charge in [0.25, 0.3) is 0 Å². The first-order valence-electron chi connectivity index (χ1n) is 5.72. The van der Waals surface area contributed by atoms with Crippen LogP contribution in [-0.2, 0) is 0 Å². The first-order chi connectivity index (χ1) is 9.15. The van der Waals surface area contributed by atoms with Crippen LogP contribution in [0.25, 0.3) is 16.8 Å². The highest BCUT2D eigenvalue weighted by Gasteiger charge is 2.08.